The van der Waals surface area contributed by atoms with Crippen molar-refractivity contribution in [1.29, 1.82) is 0 Å². The Morgan fingerprint density at radius 3 is 2.82 bits per heavy atom. The lowest BCUT2D eigenvalue weighted by atomic mass is 10.2. The molecule has 0 fully saturated rings. The van der Waals surface area contributed by atoms with E-state index in [1.807, 2.05) is 13.0 Å². The Labute approximate surface area is 107 Å². The second-order valence-electron chi connectivity index (χ2n) is 3.87. The first-order valence-electron chi connectivity index (χ1n) is 5.12. The Balaban J connectivity index is 2.15. The summed E-state index contributed by atoms with van der Waals surface area (Å²) >= 11 is 6.96. The van der Waals surface area contributed by atoms with Crippen molar-refractivity contribution >= 4 is 44.9 Å². The van der Waals surface area contributed by atoms with Crippen LogP contribution in [0.15, 0.2) is 24.3 Å². The second-order valence-corrected chi connectivity index (χ2v) is 5.53. The zero-order valence-electron chi connectivity index (χ0n) is 9.00. The van der Waals surface area contributed by atoms with Crippen LogP contribution in [0.25, 0.3) is 0 Å². The third-order valence-electron chi connectivity index (χ3n) is 2.58. The van der Waals surface area contributed by atoms with E-state index in [-0.39, 0.29) is 5.82 Å². The molecule has 0 amide bonds. The first-order valence-corrected chi connectivity index (χ1v) is 6.34. The van der Waals surface area contributed by atoms with Crippen LogP contribution < -0.4 is 10.6 Å². The number of hydrogen-bond donors (Lipinski definition) is 2. The lowest BCUT2D eigenvalue weighted by molar-refractivity contribution is 0.628. The van der Waals surface area contributed by atoms with E-state index < -0.39 is 0 Å². The number of rotatable bonds is 0. The molecule has 0 aliphatic carbocycles. The molecule has 5 heteroatoms. The van der Waals surface area contributed by atoms with Crippen molar-refractivity contribution in [3.63, 3.8) is 0 Å². The number of fused-ring (bicyclic) bond motifs is 2. The first-order chi connectivity index (χ1) is 8.13. The van der Waals surface area contributed by atoms with Gasteiger partial charge in [-0.05, 0) is 31.2 Å². The van der Waals surface area contributed by atoms with Gasteiger partial charge in [0.15, 0.2) is 0 Å². The van der Waals surface area contributed by atoms with Crippen LogP contribution in [0.2, 0.25) is 0 Å². The van der Waals surface area contributed by atoms with E-state index in [9.17, 15) is 4.39 Å². The number of thiocarbonyl (C=S) groups is 1. The zero-order chi connectivity index (χ0) is 12.0. The van der Waals surface area contributed by atoms with Gasteiger partial charge in [0.1, 0.15) is 15.8 Å². The molecule has 0 radical (unpaired) electrons. The van der Waals surface area contributed by atoms with Crippen molar-refractivity contribution < 1.29 is 4.39 Å². The largest absolute Gasteiger partial charge is 0.345 e. The molecule has 17 heavy (non-hydrogen) atoms. The Hall–Kier alpha value is -1.46. The number of aryl methyl sites for hydroxylation is 1. The van der Waals surface area contributed by atoms with Crippen LogP contribution in [0.4, 0.5) is 20.8 Å². The van der Waals surface area contributed by atoms with Gasteiger partial charge in [-0.25, -0.2) is 4.39 Å². The van der Waals surface area contributed by atoms with Gasteiger partial charge in [-0.2, -0.15) is 0 Å². The highest BCUT2D eigenvalue weighted by Crippen LogP contribution is 2.37. The summed E-state index contributed by atoms with van der Waals surface area (Å²) in [5, 5.41) is 7.36. The summed E-state index contributed by atoms with van der Waals surface area (Å²) < 4.78 is 13.2. The molecule has 0 spiro atoms. The molecule has 2 N–H and O–H groups in total. The molecule has 2 nitrogen and oxygen atoms in total. The standard InChI is InChI=1S/C12H9FN2S2/c1-6-4-8-11(16)14-10-5-7(13)2-3-9(10)15-12(8)17-6/h2-5,15H,1H3,(H,14,16). The summed E-state index contributed by atoms with van der Waals surface area (Å²) in [4.78, 5) is 1.82. The molecule has 1 aliphatic heterocycles. The Morgan fingerprint density at radius 1 is 1.18 bits per heavy atom. The van der Waals surface area contributed by atoms with Gasteiger partial charge in [-0.1, -0.05) is 12.2 Å². The fourth-order valence-electron chi connectivity index (χ4n) is 1.82. The molecule has 1 aromatic heterocycles. The molecule has 1 aromatic carbocycles. The van der Waals surface area contributed by atoms with Gasteiger partial charge < -0.3 is 10.6 Å². The van der Waals surface area contributed by atoms with Crippen LogP contribution >= 0.6 is 23.6 Å². The highest BCUT2D eigenvalue weighted by molar-refractivity contribution is 7.81. The number of halogens is 1. The molecule has 0 saturated carbocycles. The van der Waals surface area contributed by atoms with E-state index in [0.29, 0.717) is 10.7 Å². The van der Waals surface area contributed by atoms with E-state index in [4.69, 9.17) is 12.2 Å². The van der Waals surface area contributed by atoms with E-state index in [1.165, 1.54) is 17.0 Å². The monoisotopic (exact) mass is 264 g/mol. The maximum atomic E-state index is 13.2. The maximum absolute atomic E-state index is 13.2. The molecular formula is C12H9FN2S2. The van der Waals surface area contributed by atoms with Crippen molar-refractivity contribution in [2.75, 3.05) is 10.6 Å². The lowest BCUT2D eigenvalue weighted by Crippen LogP contribution is -2.08. The Bertz CT molecular complexity index is 619. The van der Waals surface area contributed by atoms with Gasteiger partial charge in [-0.15, -0.1) is 11.3 Å². The van der Waals surface area contributed by atoms with Gasteiger partial charge >= 0.3 is 0 Å². The summed E-state index contributed by atoms with van der Waals surface area (Å²) in [6, 6.07) is 6.62. The van der Waals surface area contributed by atoms with Gasteiger partial charge in [0, 0.05) is 10.4 Å². The fraction of sp³-hybridized carbons (Fsp3) is 0.0833. The second kappa shape index (κ2) is 3.78. The predicted octanol–water partition coefficient (Wildman–Crippen LogP) is 4.04. The summed E-state index contributed by atoms with van der Waals surface area (Å²) in [5.74, 6) is -0.276. The third-order valence-corrected chi connectivity index (χ3v) is 3.87. The number of thiophene rings is 1. The Morgan fingerprint density at radius 2 is 2.00 bits per heavy atom. The smallest absolute Gasteiger partial charge is 0.125 e. The topological polar surface area (TPSA) is 24.1 Å². The van der Waals surface area contributed by atoms with Crippen molar-refractivity contribution in [3.8, 4) is 0 Å². The predicted molar refractivity (Wildman–Crippen MR) is 74.1 cm³/mol. The van der Waals surface area contributed by atoms with Crippen molar-refractivity contribution in [2.24, 2.45) is 0 Å². The van der Waals surface area contributed by atoms with Crippen molar-refractivity contribution in [1.82, 2.24) is 0 Å². The summed E-state index contributed by atoms with van der Waals surface area (Å²) in [6.07, 6.45) is 0. The number of benzene rings is 1. The van der Waals surface area contributed by atoms with Crippen molar-refractivity contribution in [2.45, 2.75) is 6.92 Å². The average Bonchev–Trinajstić information content (AvgIpc) is 2.58. The van der Waals surface area contributed by atoms with E-state index in [0.717, 1.165) is 16.3 Å². The highest BCUT2D eigenvalue weighted by atomic mass is 32.1. The van der Waals surface area contributed by atoms with E-state index in [1.54, 1.807) is 17.4 Å². The van der Waals surface area contributed by atoms with Gasteiger partial charge in [-0.3, -0.25) is 0 Å². The molecule has 1 aliphatic rings. The fourth-order valence-corrected chi connectivity index (χ4v) is 3.08. The summed E-state index contributed by atoms with van der Waals surface area (Å²) in [6.45, 7) is 2.04. The van der Waals surface area contributed by atoms with Crippen LogP contribution in [-0.2, 0) is 0 Å². The molecule has 0 bridgehead atoms. The van der Waals surface area contributed by atoms with Crippen LogP contribution in [0.1, 0.15) is 10.4 Å². The minimum absolute atomic E-state index is 0.276. The highest BCUT2D eigenvalue weighted by Gasteiger charge is 2.18. The SMILES string of the molecule is Cc1cc2c(s1)Nc1ccc(F)cc1NC2=S. The maximum Gasteiger partial charge on any atom is 0.125 e. The van der Waals surface area contributed by atoms with Crippen LogP contribution in [0.5, 0.6) is 0 Å². The van der Waals surface area contributed by atoms with Crippen molar-refractivity contribution in [3.05, 3.63) is 40.5 Å². The van der Waals surface area contributed by atoms with Gasteiger partial charge in [0.2, 0.25) is 0 Å². The molecule has 0 atom stereocenters. The molecular weight excluding hydrogens is 255 g/mol. The van der Waals surface area contributed by atoms with E-state index in [2.05, 4.69) is 10.6 Å². The number of hydrogen-bond acceptors (Lipinski definition) is 3. The zero-order valence-corrected chi connectivity index (χ0v) is 10.6. The van der Waals surface area contributed by atoms with Gasteiger partial charge in [0.05, 0.1) is 11.4 Å². The van der Waals surface area contributed by atoms with Crippen LogP contribution in [0, 0.1) is 12.7 Å². The number of nitrogens with one attached hydrogen (secondary N) is 2. The molecule has 0 saturated heterocycles. The molecule has 2 aromatic rings. The molecule has 86 valence electrons. The molecule has 0 unspecified atom stereocenters. The first kappa shape index (κ1) is 10.7. The lowest BCUT2D eigenvalue weighted by Gasteiger charge is -2.08. The number of anilines is 3. The summed E-state index contributed by atoms with van der Waals surface area (Å²) in [7, 11) is 0. The quantitative estimate of drug-likeness (QED) is 0.702. The Kier molecular flexibility index (Phi) is 2.38. The molecule has 3 rings (SSSR count). The summed E-state index contributed by atoms with van der Waals surface area (Å²) in [5.41, 5.74) is 2.49. The van der Waals surface area contributed by atoms with Crippen LogP contribution in [0.3, 0.4) is 0 Å². The average molecular weight is 264 g/mol. The normalized spacial score (nSPS) is 13.2. The van der Waals surface area contributed by atoms with Gasteiger partial charge in [0.25, 0.3) is 0 Å². The minimum atomic E-state index is -0.276. The minimum Gasteiger partial charge on any atom is -0.345 e. The van der Waals surface area contributed by atoms with E-state index >= 15 is 0 Å². The van der Waals surface area contributed by atoms with Crippen LogP contribution in [-0.4, -0.2) is 4.99 Å². The third kappa shape index (κ3) is 1.81. The molecule has 2 heterocycles.